The van der Waals surface area contributed by atoms with Gasteiger partial charge >= 0.3 is 25.7 Å². The van der Waals surface area contributed by atoms with Gasteiger partial charge in [-0.3, -0.25) is 23.4 Å². The Morgan fingerprint density at radius 2 is 1.04 bits per heavy atom. The van der Waals surface area contributed by atoms with Crippen molar-refractivity contribution in [2.45, 2.75) is 174 Å². The number of hydrogen-bond donors (Lipinski definition) is 3. The lowest BCUT2D eigenvalue weighted by molar-refractivity contribution is -0.160. The molecule has 0 fully saturated rings. The van der Waals surface area contributed by atoms with Crippen LogP contribution in [-0.4, -0.2) is 59.9 Å². The summed E-state index contributed by atoms with van der Waals surface area (Å²) < 4.78 is 32.5. The highest BCUT2D eigenvalue weighted by Gasteiger charge is 2.28. The van der Waals surface area contributed by atoms with E-state index in [0.717, 1.165) is 51.4 Å². The molecule has 3 unspecified atom stereocenters. The summed E-state index contributed by atoms with van der Waals surface area (Å²) in [5.74, 6) is -2.55. The van der Waals surface area contributed by atoms with Crippen LogP contribution in [0.15, 0.2) is 72.9 Å². The molecule has 0 aromatic heterocycles. The van der Waals surface area contributed by atoms with E-state index in [1.165, 1.54) is 70.6 Å². The Morgan fingerprint density at radius 3 is 1.54 bits per heavy atom. The Bertz CT molecular complexity index is 1240. The Morgan fingerprint density at radius 1 is 0.579 bits per heavy atom. The number of allylic oxidation sites excluding steroid dienone is 11. The number of nitrogens with two attached hydrogens (primary N) is 1. The lowest BCUT2D eigenvalue weighted by Gasteiger charge is -2.20. The van der Waals surface area contributed by atoms with Gasteiger partial charge in [-0.05, 0) is 64.2 Å². The van der Waals surface area contributed by atoms with Gasteiger partial charge in [-0.25, -0.2) is 4.57 Å². The van der Waals surface area contributed by atoms with E-state index in [0.29, 0.717) is 12.8 Å². The Hall–Kier alpha value is -3.08. The molecule has 0 aliphatic carbocycles. The van der Waals surface area contributed by atoms with E-state index in [1.807, 2.05) is 18.2 Å². The number of phosphoric ester groups is 1. The maximum atomic E-state index is 12.5. The standard InChI is InChI=1S/C45H76NO10P/c1-3-5-7-9-11-13-15-17-19-20-21-23-24-26-28-30-32-34-36-43(47)53-38-41(39-54-57(51,52)55-40-42(46)45(49)50)56-44(48)37-35-33-31-29-27-25-22-18-16-14-12-10-8-6-4-2/h6,8,12,14,18-20,22,27,29,33,35,41-42H,3-5,7,9-11,13,15-17,21,23-26,28,30-32,34,36-40,46H2,1-2H3,(H,49,50)(H,51,52)/b8-6-,14-12-,20-19-,22-18-,29-27-,35-33-. The number of unbranched alkanes of at least 4 members (excludes halogenated alkanes) is 14. The molecular weight excluding hydrogens is 745 g/mol. The van der Waals surface area contributed by atoms with Gasteiger partial charge in [-0.2, -0.15) is 0 Å². The first-order valence-corrected chi connectivity index (χ1v) is 23.0. The second-order valence-electron chi connectivity index (χ2n) is 14.1. The molecular formula is C45H76NO10P. The van der Waals surface area contributed by atoms with Gasteiger partial charge in [0.05, 0.1) is 19.6 Å². The molecule has 12 heteroatoms. The van der Waals surface area contributed by atoms with Crippen molar-refractivity contribution in [1.82, 2.24) is 0 Å². The predicted octanol–water partition coefficient (Wildman–Crippen LogP) is 11.3. The summed E-state index contributed by atoms with van der Waals surface area (Å²) >= 11 is 0. The SMILES string of the molecule is CC/C=C\C/C=C\C/C=C\C/C=C\C/C=C\CC(=O)OC(COC(=O)CCCCCCCCC/C=C\CCCCCCCCC)COP(=O)(O)OCC(N)C(=O)O. The first-order valence-electron chi connectivity index (χ1n) is 21.5. The topological polar surface area (TPSA) is 172 Å². The van der Waals surface area contributed by atoms with Gasteiger partial charge in [0.1, 0.15) is 12.6 Å². The summed E-state index contributed by atoms with van der Waals surface area (Å²) in [5, 5.41) is 8.88. The summed E-state index contributed by atoms with van der Waals surface area (Å²) in [6.45, 7) is 2.57. The van der Waals surface area contributed by atoms with Crippen LogP contribution in [0.5, 0.6) is 0 Å². The number of carbonyl (C=O) groups is 3. The summed E-state index contributed by atoms with van der Waals surface area (Å²) in [4.78, 5) is 45.9. The van der Waals surface area contributed by atoms with Crippen molar-refractivity contribution in [1.29, 1.82) is 0 Å². The molecule has 0 aromatic carbocycles. The van der Waals surface area contributed by atoms with Crippen molar-refractivity contribution < 1.29 is 47.5 Å². The molecule has 326 valence electrons. The fraction of sp³-hybridized carbons (Fsp3) is 0.667. The lowest BCUT2D eigenvalue weighted by Crippen LogP contribution is -2.34. The predicted molar refractivity (Wildman–Crippen MR) is 231 cm³/mol. The van der Waals surface area contributed by atoms with Gasteiger partial charge in [-0.15, -0.1) is 0 Å². The zero-order valence-electron chi connectivity index (χ0n) is 35.2. The minimum absolute atomic E-state index is 0.0747. The van der Waals surface area contributed by atoms with E-state index in [2.05, 4.69) is 67.0 Å². The smallest absolute Gasteiger partial charge is 0.472 e. The van der Waals surface area contributed by atoms with Gasteiger partial charge in [-0.1, -0.05) is 157 Å². The second kappa shape index (κ2) is 39.7. The second-order valence-corrected chi connectivity index (χ2v) is 15.6. The molecule has 0 saturated heterocycles. The Kier molecular flexibility index (Phi) is 37.6. The number of hydrogen-bond acceptors (Lipinski definition) is 9. The zero-order valence-corrected chi connectivity index (χ0v) is 36.0. The number of rotatable bonds is 39. The molecule has 0 aliphatic heterocycles. The van der Waals surface area contributed by atoms with Gasteiger partial charge < -0.3 is 25.2 Å². The lowest BCUT2D eigenvalue weighted by atomic mass is 10.1. The van der Waals surface area contributed by atoms with Crippen molar-refractivity contribution in [3.8, 4) is 0 Å². The molecule has 0 rings (SSSR count). The van der Waals surface area contributed by atoms with Crippen LogP contribution in [0.3, 0.4) is 0 Å². The van der Waals surface area contributed by atoms with Crippen molar-refractivity contribution >= 4 is 25.7 Å². The summed E-state index contributed by atoms with van der Waals surface area (Å²) in [7, 11) is -4.74. The fourth-order valence-corrected chi connectivity index (χ4v) is 6.15. The van der Waals surface area contributed by atoms with Gasteiger partial charge in [0.15, 0.2) is 6.10 Å². The van der Waals surface area contributed by atoms with Crippen LogP contribution in [0.4, 0.5) is 0 Å². The molecule has 0 saturated carbocycles. The number of carboxylic acids is 1. The quantitative estimate of drug-likeness (QED) is 0.0233. The third kappa shape index (κ3) is 39.5. The van der Waals surface area contributed by atoms with E-state index < -0.39 is 57.7 Å². The molecule has 0 bridgehead atoms. The highest BCUT2D eigenvalue weighted by molar-refractivity contribution is 7.47. The van der Waals surface area contributed by atoms with Crippen LogP contribution in [0.2, 0.25) is 0 Å². The van der Waals surface area contributed by atoms with E-state index in [9.17, 15) is 23.8 Å². The monoisotopic (exact) mass is 822 g/mol. The molecule has 0 aliphatic rings. The normalized spacial score (nSPS) is 14.5. The van der Waals surface area contributed by atoms with E-state index in [4.69, 9.17) is 24.8 Å². The number of ether oxygens (including phenoxy) is 2. The third-order valence-electron chi connectivity index (χ3n) is 8.72. The maximum absolute atomic E-state index is 12.5. The number of aliphatic carboxylic acids is 1. The number of phosphoric acid groups is 1. The average Bonchev–Trinajstić information content (AvgIpc) is 3.19. The fourth-order valence-electron chi connectivity index (χ4n) is 5.37. The first-order chi connectivity index (χ1) is 27.6. The van der Waals surface area contributed by atoms with Crippen molar-refractivity contribution in [2.24, 2.45) is 5.73 Å². The van der Waals surface area contributed by atoms with Crippen LogP contribution in [0.1, 0.15) is 162 Å². The molecule has 0 aromatic rings. The highest BCUT2D eigenvalue weighted by atomic mass is 31.2. The average molecular weight is 822 g/mol. The number of carbonyl (C=O) groups excluding carboxylic acids is 2. The zero-order chi connectivity index (χ0) is 42.1. The van der Waals surface area contributed by atoms with E-state index >= 15 is 0 Å². The summed E-state index contributed by atoms with van der Waals surface area (Å²) in [5.41, 5.74) is 5.32. The minimum Gasteiger partial charge on any atom is -0.480 e. The minimum atomic E-state index is -4.74. The van der Waals surface area contributed by atoms with Crippen molar-refractivity contribution in [3.05, 3.63) is 72.9 Å². The molecule has 0 spiro atoms. The molecule has 4 N–H and O–H groups in total. The molecule has 0 radical (unpaired) electrons. The largest absolute Gasteiger partial charge is 0.480 e. The van der Waals surface area contributed by atoms with Crippen LogP contribution < -0.4 is 5.73 Å². The van der Waals surface area contributed by atoms with Crippen molar-refractivity contribution in [2.75, 3.05) is 19.8 Å². The van der Waals surface area contributed by atoms with E-state index in [-0.39, 0.29) is 12.8 Å². The molecule has 11 nitrogen and oxygen atoms in total. The van der Waals surface area contributed by atoms with Crippen LogP contribution >= 0.6 is 7.82 Å². The number of esters is 2. The van der Waals surface area contributed by atoms with Crippen LogP contribution in [0, 0.1) is 0 Å². The van der Waals surface area contributed by atoms with E-state index in [1.54, 1.807) is 6.08 Å². The Balaban J connectivity index is 4.49. The molecule has 0 amide bonds. The molecule has 3 atom stereocenters. The van der Waals surface area contributed by atoms with Crippen LogP contribution in [-0.2, 0) is 37.5 Å². The molecule has 57 heavy (non-hydrogen) atoms. The summed E-state index contributed by atoms with van der Waals surface area (Å²) in [6.07, 6.45) is 47.2. The van der Waals surface area contributed by atoms with Crippen LogP contribution in [0.25, 0.3) is 0 Å². The maximum Gasteiger partial charge on any atom is 0.472 e. The Labute approximate surface area is 344 Å². The third-order valence-corrected chi connectivity index (χ3v) is 9.67. The molecule has 0 heterocycles. The van der Waals surface area contributed by atoms with Gasteiger partial charge in [0, 0.05) is 6.42 Å². The number of carboxylic acid groups (broad SMARTS) is 1. The van der Waals surface area contributed by atoms with Gasteiger partial charge in [0.2, 0.25) is 0 Å². The first kappa shape index (κ1) is 53.9. The van der Waals surface area contributed by atoms with Crippen molar-refractivity contribution in [3.63, 3.8) is 0 Å². The van der Waals surface area contributed by atoms with Gasteiger partial charge in [0.25, 0.3) is 0 Å². The highest BCUT2D eigenvalue weighted by Crippen LogP contribution is 2.43. The summed E-state index contributed by atoms with van der Waals surface area (Å²) in [6, 6.07) is -1.54.